The molecule has 0 N–H and O–H groups in total. The van der Waals surface area contributed by atoms with Crippen LogP contribution in [0.2, 0.25) is 0 Å². The molecule has 1 aromatic heterocycles. The Kier molecular flexibility index (Phi) is 5.34. The SMILES string of the molecule is O=C(c1ncccn1)C1CC2COCC(C1)N2C(=O)OCC1c2ccccc2-c2ccccc21. The van der Waals surface area contributed by atoms with Crippen LogP contribution in [0.15, 0.2) is 67.0 Å². The molecule has 0 radical (unpaired) electrons. The number of fused-ring (bicyclic) bond motifs is 5. The number of ketones is 1. The second kappa shape index (κ2) is 8.65. The second-order valence-corrected chi connectivity index (χ2v) is 9.16. The minimum absolute atomic E-state index is 0.0155. The lowest BCUT2D eigenvalue weighted by Gasteiger charge is -2.47. The second-order valence-electron chi connectivity index (χ2n) is 9.16. The molecule has 0 saturated carbocycles. The van der Waals surface area contributed by atoms with Crippen molar-refractivity contribution in [1.29, 1.82) is 0 Å². The molecule has 7 nitrogen and oxygen atoms in total. The van der Waals surface area contributed by atoms with E-state index in [1.54, 1.807) is 23.4 Å². The molecule has 3 aromatic rings. The fourth-order valence-corrected chi connectivity index (χ4v) is 5.70. The first kappa shape index (κ1) is 21.0. The van der Waals surface area contributed by atoms with Crippen LogP contribution in [-0.2, 0) is 9.47 Å². The van der Waals surface area contributed by atoms with Gasteiger partial charge >= 0.3 is 6.09 Å². The summed E-state index contributed by atoms with van der Waals surface area (Å²) < 4.78 is 11.6. The Morgan fingerprint density at radius 2 is 1.47 bits per heavy atom. The smallest absolute Gasteiger partial charge is 0.410 e. The first-order valence-electron chi connectivity index (χ1n) is 11.7. The molecular weight excluding hydrogens is 430 g/mol. The lowest BCUT2D eigenvalue weighted by Crippen LogP contribution is -2.60. The summed E-state index contributed by atoms with van der Waals surface area (Å²) >= 11 is 0. The highest BCUT2D eigenvalue weighted by Crippen LogP contribution is 2.44. The van der Waals surface area contributed by atoms with E-state index in [-0.39, 0.29) is 48.2 Å². The molecule has 3 aliphatic rings. The van der Waals surface area contributed by atoms with E-state index < -0.39 is 0 Å². The van der Waals surface area contributed by atoms with Crippen LogP contribution < -0.4 is 0 Å². The number of aromatic nitrogens is 2. The van der Waals surface area contributed by atoms with Crippen molar-refractivity contribution >= 4 is 11.9 Å². The van der Waals surface area contributed by atoms with E-state index in [1.165, 1.54) is 22.3 Å². The summed E-state index contributed by atoms with van der Waals surface area (Å²) in [5, 5.41) is 0. The van der Waals surface area contributed by atoms with Gasteiger partial charge in [-0.3, -0.25) is 9.69 Å². The zero-order chi connectivity index (χ0) is 23.1. The third-order valence-electron chi connectivity index (χ3n) is 7.22. The van der Waals surface area contributed by atoms with Gasteiger partial charge in [0.15, 0.2) is 5.82 Å². The Hall–Kier alpha value is -3.58. The zero-order valence-electron chi connectivity index (χ0n) is 18.7. The fraction of sp³-hybridized carbons (Fsp3) is 0.333. The van der Waals surface area contributed by atoms with Gasteiger partial charge in [-0.15, -0.1) is 0 Å². The Balaban J connectivity index is 1.17. The highest BCUT2D eigenvalue weighted by Gasteiger charge is 2.45. The largest absolute Gasteiger partial charge is 0.448 e. The molecule has 34 heavy (non-hydrogen) atoms. The minimum Gasteiger partial charge on any atom is -0.448 e. The third-order valence-corrected chi connectivity index (χ3v) is 7.22. The van der Waals surface area contributed by atoms with E-state index in [0.29, 0.717) is 26.1 Å². The molecule has 1 aliphatic carbocycles. The highest BCUT2D eigenvalue weighted by atomic mass is 16.6. The lowest BCUT2D eigenvalue weighted by molar-refractivity contribution is -0.0748. The zero-order valence-corrected chi connectivity index (χ0v) is 18.7. The van der Waals surface area contributed by atoms with Gasteiger partial charge in [0.25, 0.3) is 0 Å². The number of carbonyl (C=O) groups excluding carboxylic acids is 2. The van der Waals surface area contributed by atoms with Gasteiger partial charge in [-0.2, -0.15) is 0 Å². The average molecular weight is 456 g/mol. The number of ether oxygens (including phenoxy) is 2. The van der Waals surface area contributed by atoms with Crippen LogP contribution in [-0.4, -0.2) is 58.6 Å². The van der Waals surface area contributed by atoms with Crippen molar-refractivity contribution < 1.29 is 19.1 Å². The summed E-state index contributed by atoms with van der Waals surface area (Å²) in [4.78, 5) is 36.2. The van der Waals surface area contributed by atoms with Crippen LogP contribution in [0.3, 0.4) is 0 Å². The van der Waals surface area contributed by atoms with E-state index in [4.69, 9.17) is 9.47 Å². The van der Waals surface area contributed by atoms with Crippen molar-refractivity contribution in [3.63, 3.8) is 0 Å². The lowest BCUT2D eigenvalue weighted by atomic mass is 9.82. The summed E-state index contributed by atoms with van der Waals surface area (Å²) in [6.45, 7) is 1.09. The Morgan fingerprint density at radius 3 is 2.09 bits per heavy atom. The molecule has 2 saturated heterocycles. The summed E-state index contributed by atoms with van der Waals surface area (Å²) in [5.41, 5.74) is 4.78. The van der Waals surface area contributed by atoms with Gasteiger partial charge in [0, 0.05) is 24.2 Å². The highest BCUT2D eigenvalue weighted by molar-refractivity contribution is 5.94. The first-order valence-corrected chi connectivity index (χ1v) is 11.7. The Labute approximate surface area is 197 Å². The summed E-state index contributed by atoms with van der Waals surface area (Å²) in [7, 11) is 0. The molecule has 2 unspecified atom stereocenters. The predicted molar refractivity (Wildman–Crippen MR) is 124 cm³/mol. The van der Waals surface area contributed by atoms with E-state index in [2.05, 4.69) is 34.2 Å². The average Bonchev–Trinajstić information content (AvgIpc) is 3.20. The Bertz CT molecular complexity index is 1170. The van der Waals surface area contributed by atoms with E-state index >= 15 is 0 Å². The van der Waals surface area contributed by atoms with E-state index in [9.17, 15) is 9.59 Å². The first-order chi connectivity index (χ1) is 16.7. The fourth-order valence-electron chi connectivity index (χ4n) is 5.70. The molecule has 1 amide bonds. The number of piperidine rings is 1. The van der Waals surface area contributed by atoms with Crippen molar-refractivity contribution in [1.82, 2.24) is 14.9 Å². The van der Waals surface area contributed by atoms with Crippen LogP contribution >= 0.6 is 0 Å². The monoisotopic (exact) mass is 455 g/mol. The summed E-state index contributed by atoms with van der Waals surface area (Å²) in [6, 6.07) is 17.9. The van der Waals surface area contributed by atoms with E-state index in [1.807, 2.05) is 24.3 Å². The number of hydrogen-bond donors (Lipinski definition) is 0. The van der Waals surface area contributed by atoms with Gasteiger partial charge in [-0.05, 0) is 41.2 Å². The van der Waals surface area contributed by atoms with Crippen LogP contribution in [0.4, 0.5) is 4.79 Å². The number of carbonyl (C=O) groups is 2. The standard InChI is InChI=1S/C27H25N3O4/c31-25(26-28-10-5-11-29-26)17-12-18-14-33-15-19(13-17)30(18)27(32)34-16-24-22-8-3-1-6-20(22)21-7-2-4-9-23(21)24/h1-11,17-19,24H,12-16H2. The van der Waals surface area contributed by atoms with Crippen molar-refractivity contribution in [2.45, 2.75) is 30.8 Å². The molecule has 2 aliphatic heterocycles. The molecule has 7 heteroatoms. The summed E-state index contributed by atoms with van der Waals surface area (Å²) in [6.07, 6.45) is 3.88. The maximum absolute atomic E-state index is 13.3. The molecule has 2 bridgehead atoms. The van der Waals surface area contributed by atoms with Gasteiger partial charge in [0.2, 0.25) is 5.78 Å². The number of nitrogens with zero attached hydrogens (tertiary/aromatic N) is 3. The topological polar surface area (TPSA) is 81.6 Å². The minimum atomic E-state index is -0.331. The third kappa shape index (κ3) is 3.56. The Morgan fingerprint density at radius 1 is 0.882 bits per heavy atom. The van der Waals surface area contributed by atoms with E-state index in [0.717, 1.165) is 0 Å². The molecule has 172 valence electrons. The molecule has 3 heterocycles. The van der Waals surface area contributed by atoms with Gasteiger partial charge in [-0.1, -0.05) is 48.5 Å². The van der Waals surface area contributed by atoms with Crippen molar-refractivity contribution in [2.24, 2.45) is 5.92 Å². The molecule has 6 rings (SSSR count). The van der Waals surface area contributed by atoms with Gasteiger partial charge in [0.1, 0.15) is 6.61 Å². The predicted octanol–water partition coefficient (Wildman–Crippen LogP) is 4.09. The van der Waals surface area contributed by atoms with Gasteiger partial charge < -0.3 is 9.47 Å². The molecular formula is C27H25N3O4. The van der Waals surface area contributed by atoms with Crippen molar-refractivity contribution in [3.8, 4) is 11.1 Å². The number of benzene rings is 2. The van der Waals surface area contributed by atoms with Crippen LogP contribution in [0.5, 0.6) is 0 Å². The molecule has 2 atom stereocenters. The molecule has 0 spiro atoms. The maximum Gasteiger partial charge on any atom is 0.410 e. The summed E-state index contributed by atoms with van der Waals surface area (Å²) in [5.74, 6) is -0.0357. The van der Waals surface area contributed by atoms with Gasteiger partial charge in [-0.25, -0.2) is 14.8 Å². The quantitative estimate of drug-likeness (QED) is 0.551. The number of hydrogen-bond acceptors (Lipinski definition) is 6. The van der Waals surface area contributed by atoms with Crippen molar-refractivity contribution in [2.75, 3.05) is 19.8 Å². The maximum atomic E-state index is 13.3. The van der Waals surface area contributed by atoms with Crippen LogP contribution in [0.1, 0.15) is 40.5 Å². The van der Waals surface area contributed by atoms with Crippen LogP contribution in [0.25, 0.3) is 11.1 Å². The van der Waals surface area contributed by atoms with Crippen LogP contribution in [0, 0.1) is 5.92 Å². The number of morpholine rings is 1. The number of amides is 1. The molecule has 2 aromatic carbocycles. The number of rotatable bonds is 4. The van der Waals surface area contributed by atoms with Crippen molar-refractivity contribution in [3.05, 3.63) is 83.9 Å². The number of Topliss-reactive ketones (excluding diaryl/α,β-unsaturated/α-hetero) is 1. The van der Waals surface area contributed by atoms with Gasteiger partial charge in [0.05, 0.1) is 25.3 Å². The molecule has 2 fully saturated rings. The normalized spacial score (nSPS) is 23.2.